The summed E-state index contributed by atoms with van der Waals surface area (Å²) < 4.78 is 0. The van der Waals surface area contributed by atoms with Gasteiger partial charge in [0.05, 0.1) is 11.8 Å². The number of rotatable bonds is 5. The fraction of sp³-hybridized carbons (Fsp3) is 0.867. The van der Waals surface area contributed by atoms with E-state index in [1.54, 1.807) is 4.90 Å². The SMILES string of the molecule is CCC1CC(C(=O)O)C(C(=O)N(C)CC2CC2C)C1. The molecule has 0 aromatic rings. The molecule has 4 heteroatoms. The van der Waals surface area contributed by atoms with Crippen LogP contribution in [0.1, 0.15) is 39.5 Å². The number of aliphatic carboxylic acids is 1. The molecule has 0 bridgehead atoms. The lowest BCUT2D eigenvalue weighted by atomic mass is 9.95. The van der Waals surface area contributed by atoms with Crippen molar-refractivity contribution in [1.82, 2.24) is 4.90 Å². The van der Waals surface area contributed by atoms with Crippen LogP contribution in [0.3, 0.4) is 0 Å². The molecule has 0 heterocycles. The van der Waals surface area contributed by atoms with E-state index in [4.69, 9.17) is 0 Å². The molecule has 0 aliphatic heterocycles. The van der Waals surface area contributed by atoms with Crippen LogP contribution in [0.2, 0.25) is 0 Å². The topological polar surface area (TPSA) is 57.6 Å². The summed E-state index contributed by atoms with van der Waals surface area (Å²) in [6, 6.07) is 0. The maximum atomic E-state index is 12.5. The van der Waals surface area contributed by atoms with Crippen molar-refractivity contribution in [2.24, 2.45) is 29.6 Å². The van der Waals surface area contributed by atoms with Gasteiger partial charge >= 0.3 is 5.97 Å². The van der Waals surface area contributed by atoms with Gasteiger partial charge in [0.25, 0.3) is 0 Å². The largest absolute Gasteiger partial charge is 0.481 e. The Morgan fingerprint density at radius 3 is 2.26 bits per heavy atom. The predicted octanol–water partition coefficient (Wildman–Crippen LogP) is 2.24. The standard InChI is InChI=1S/C15H25NO3/c1-4-10-6-12(13(7-10)15(18)19)14(17)16(3)8-11-5-9(11)2/h9-13H,4-8H2,1-3H3,(H,18,19). The van der Waals surface area contributed by atoms with E-state index in [0.717, 1.165) is 25.3 Å². The summed E-state index contributed by atoms with van der Waals surface area (Å²) in [4.78, 5) is 25.5. The summed E-state index contributed by atoms with van der Waals surface area (Å²) in [5, 5.41) is 9.29. The third kappa shape index (κ3) is 3.10. The Hall–Kier alpha value is -1.06. The van der Waals surface area contributed by atoms with Crippen molar-refractivity contribution in [2.75, 3.05) is 13.6 Å². The average molecular weight is 267 g/mol. The molecule has 2 aliphatic carbocycles. The van der Waals surface area contributed by atoms with Crippen LogP contribution in [0.4, 0.5) is 0 Å². The lowest BCUT2D eigenvalue weighted by Gasteiger charge is -2.23. The van der Waals surface area contributed by atoms with Gasteiger partial charge in [-0.25, -0.2) is 0 Å². The first kappa shape index (κ1) is 14.4. The predicted molar refractivity (Wildman–Crippen MR) is 72.5 cm³/mol. The van der Waals surface area contributed by atoms with E-state index in [1.165, 1.54) is 6.42 Å². The van der Waals surface area contributed by atoms with Crippen LogP contribution in [0.5, 0.6) is 0 Å². The Labute approximate surface area is 115 Å². The highest BCUT2D eigenvalue weighted by atomic mass is 16.4. The van der Waals surface area contributed by atoms with E-state index in [-0.39, 0.29) is 11.8 Å². The highest BCUT2D eigenvalue weighted by Gasteiger charge is 2.44. The van der Waals surface area contributed by atoms with Crippen LogP contribution in [0.25, 0.3) is 0 Å². The lowest BCUT2D eigenvalue weighted by Crippen LogP contribution is -2.38. The Morgan fingerprint density at radius 1 is 1.21 bits per heavy atom. The number of amides is 1. The molecule has 4 nitrogen and oxygen atoms in total. The van der Waals surface area contributed by atoms with E-state index >= 15 is 0 Å². The molecular formula is C15H25NO3. The molecular weight excluding hydrogens is 242 g/mol. The molecule has 19 heavy (non-hydrogen) atoms. The van der Waals surface area contributed by atoms with Crippen molar-refractivity contribution in [2.45, 2.75) is 39.5 Å². The van der Waals surface area contributed by atoms with Crippen LogP contribution in [0, 0.1) is 29.6 Å². The fourth-order valence-corrected chi connectivity index (χ4v) is 3.40. The zero-order chi connectivity index (χ0) is 14.2. The molecule has 108 valence electrons. The monoisotopic (exact) mass is 267 g/mol. The highest BCUT2D eigenvalue weighted by molar-refractivity contribution is 5.85. The van der Waals surface area contributed by atoms with E-state index < -0.39 is 11.9 Å². The Kier molecular flexibility index (Phi) is 4.16. The second-order valence-electron chi connectivity index (χ2n) is 6.49. The highest BCUT2D eigenvalue weighted by Crippen LogP contribution is 2.41. The van der Waals surface area contributed by atoms with Crippen molar-refractivity contribution < 1.29 is 14.7 Å². The quantitative estimate of drug-likeness (QED) is 0.831. The number of hydrogen-bond acceptors (Lipinski definition) is 2. The molecule has 2 fully saturated rings. The molecule has 1 amide bonds. The summed E-state index contributed by atoms with van der Waals surface area (Å²) >= 11 is 0. The second kappa shape index (κ2) is 5.51. The van der Waals surface area contributed by atoms with Crippen LogP contribution in [0.15, 0.2) is 0 Å². The summed E-state index contributed by atoms with van der Waals surface area (Å²) in [5.74, 6) is 0.198. The minimum Gasteiger partial charge on any atom is -0.481 e. The van der Waals surface area contributed by atoms with E-state index in [0.29, 0.717) is 18.3 Å². The van der Waals surface area contributed by atoms with Crippen molar-refractivity contribution in [1.29, 1.82) is 0 Å². The van der Waals surface area contributed by atoms with Gasteiger partial charge in [-0.2, -0.15) is 0 Å². The first-order chi connectivity index (χ1) is 8.93. The van der Waals surface area contributed by atoms with Crippen LogP contribution < -0.4 is 0 Å². The summed E-state index contributed by atoms with van der Waals surface area (Å²) in [5.41, 5.74) is 0. The minimum absolute atomic E-state index is 0.0439. The molecule has 0 radical (unpaired) electrons. The molecule has 0 spiro atoms. The van der Waals surface area contributed by atoms with Gasteiger partial charge in [0.15, 0.2) is 0 Å². The number of carbonyl (C=O) groups is 2. The summed E-state index contributed by atoms with van der Waals surface area (Å²) in [6.07, 6.45) is 3.58. The zero-order valence-corrected chi connectivity index (χ0v) is 12.1. The molecule has 2 saturated carbocycles. The van der Waals surface area contributed by atoms with Crippen molar-refractivity contribution >= 4 is 11.9 Å². The number of carboxylic acid groups (broad SMARTS) is 1. The Bertz CT molecular complexity index is 368. The second-order valence-corrected chi connectivity index (χ2v) is 6.49. The smallest absolute Gasteiger partial charge is 0.307 e. The van der Waals surface area contributed by atoms with Crippen LogP contribution in [-0.2, 0) is 9.59 Å². The van der Waals surface area contributed by atoms with Gasteiger partial charge in [-0.15, -0.1) is 0 Å². The van der Waals surface area contributed by atoms with E-state index in [2.05, 4.69) is 13.8 Å². The third-order valence-corrected chi connectivity index (χ3v) is 5.03. The fourth-order valence-electron chi connectivity index (χ4n) is 3.40. The maximum Gasteiger partial charge on any atom is 0.307 e. The number of carbonyl (C=O) groups excluding carboxylic acids is 1. The van der Waals surface area contributed by atoms with Gasteiger partial charge in [-0.3, -0.25) is 9.59 Å². The normalized spacial score (nSPS) is 37.1. The first-order valence-electron chi connectivity index (χ1n) is 7.41. The Morgan fingerprint density at radius 2 is 1.79 bits per heavy atom. The molecule has 1 N–H and O–H groups in total. The molecule has 2 rings (SSSR count). The van der Waals surface area contributed by atoms with Gasteiger partial charge in [0, 0.05) is 13.6 Å². The molecule has 0 saturated heterocycles. The van der Waals surface area contributed by atoms with E-state index in [9.17, 15) is 14.7 Å². The molecule has 5 atom stereocenters. The van der Waals surface area contributed by atoms with Crippen LogP contribution >= 0.6 is 0 Å². The molecule has 2 aliphatic rings. The van der Waals surface area contributed by atoms with Gasteiger partial charge in [-0.1, -0.05) is 20.3 Å². The first-order valence-corrected chi connectivity index (χ1v) is 7.41. The number of hydrogen-bond donors (Lipinski definition) is 1. The molecule has 5 unspecified atom stereocenters. The van der Waals surface area contributed by atoms with E-state index in [1.807, 2.05) is 7.05 Å². The third-order valence-electron chi connectivity index (χ3n) is 5.03. The molecule has 0 aromatic heterocycles. The van der Waals surface area contributed by atoms with Crippen molar-refractivity contribution in [3.63, 3.8) is 0 Å². The van der Waals surface area contributed by atoms with Gasteiger partial charge in [-0.05, 0) is 37.0 Å². The van der Waals surface area contributed by atoms with Crippen LogP contribution in [-0.4, -0.2) is 35.5 Å². The lowest BCUT2D eigenvalue weighted by molar-refractivity contribution is -0.148. The van der Waals surface area contributed by atoms with Crippen molar-refractivity contribution in [3.05, 3.63) is 0 Å². The van der Waals surface area contributed by atoms with Gasteiger partial charge in [0.1, 0.15) is 0 Å². The van der Waals surface area contributed by atoms with Gasteiger partial charge in [0.2, 0.25) is 5.91 Å². The summed E-state index contributed by atoms with van der Waals surface area (Å²) in [7, 11) is 1.82. The minimum atomic E-state index is -0.803. The number of nitrogens with zero attached hydrogens (tertiary/aromatic N) is 1. The summed E-state index contributed by atoms with van der Waals surface area (Å²) in [6.45, 7) is 5.07. The average Bonchev–Trinajstić information content (AvgIpc) is 2.91. The Balaban J connectivity index is 1.97. The number of carboxylic acids is 1. The molecule has 0 aromatic carbocycles. The van der Waals surface area contributed by atoms with Crippen molar-refractivity contribution in [3.8, 4) is 0 Å². The zero-order valence-electron chi connectivity index (χ0n) is 12.1. The van der Waals surface area contributed by atoms with Gasteiger partial charge < -0.3 is 10.0 Å². The maximum absolute atomic E-state index is 12.5.